The van der Waals surface area contributed by atoms with Crippen molar-refractivity contribution in [3.05, 3.63) is 0 Å². The molecule has 0 amide bonds. The Hall–Kier alpha value is -0.770. The minimum absolute atomic E-state index is 0.685. The van der Waals surface area contributed by atoms with Gasteiger partial charge in [-0.25, -0.2) is 0 Å². The van der Waals surface area contributed by atoms with Crippen LogP contribution in [0.4, 0.5) is 0 Å². The molecule has 1 fully saturated rings. The fourth-order valence-corrected chi connectivity index (χ4v) is 2.22. The van der Waals surface area contributed by atoms with E-state index >= 15 is 0 Å². The van der Waals surface area contributed by atoms with Crippen molar-refractivity contribution in [2.75, 3.05) is 33.2 Å². The molecule has 1 rings (SSSR count). The van der Waals surface area contributed by atoms with Crippen molar-refractivity contribution in [1.82, 2.24) is 15.5 Å². The minimum Gasteiger partial charge on any atom is -0.356 e. The van der Waals surface area contributed by atoms with E-state index in [0.29, 0.717) is 6.04 Å². The van der Waals surface area contributed by atoms with Gasteiger partial charge in [0.1, 0.15) is 0 Å². The van der Waals surface area contributed by atoms with Crippen molar-refractivity contribution in [2.24, 2.45) is 4.99 Å². The molecule has 4 heteroatoms. The monoisotopic (exact) mass is 226 g/mol. The molecule has 2 N–H and O–H groups in total. The van der Waals surface area contributed by atoms with Gasteiger partial charge in [0.25, 0.3) is 0 Å². The highest BCUT2D eigenvalue weighted by molar-refractivity contribution is 5.79. The van der Waals surface area contributed by atoms with Crippen LogP contribution in [0.15, 0.2) is 4.99 Å². The molecule has 16 heavy (non-hydrogen) atoms. The maximum absolute atomic E-state index is 4.21. The Labute approximate surface area is 99.5 Å². The molecule has 0 aromatic carbocycles. The lowest BCUT2D eigenvalue weighted by Gasteiger charge is -2.23. The van der Waals surface area contributed by atoms with Crippen LogP contribution in [0, 0.1) is 0 Å². The van der Waals surface area contributed by atoms with Crippen LogP contribution in [0.2, 0.25) is 0 Å². The molecule has 1 atom stereocenters. The Morgan fingerprint density at radius 1 is 1.38 bits per heavy atom. The van der Waals surface area contributed by atoms with Crippen LogP contribution in [-0.2, 0) is 0 Å². The first-order valence-electron chi connectivity index (χ1n) is 6.50. The van der Waals surface area contributed by atoms with Crippen LogP contribution < -0.4 is 10.6 Å². The third-order valence-corrected chi connectivity index (χ3v) is 3.18. The molecule has 0 aliphatic carbocycles. The number of likely N-dealkylation sites (N-methyl/N-ethyl adjacent to an activating group) is 1. The first-order chi connectivity index (χ1) is 7.81. The molecule has 0 spiro atoms. The molecule has 1 saturated heterocycles. The summed E-state index contributed by atoms with van der Waals surface area (Å²) in [5.74, 6) is 0.935. The second-order valence-electron chi connectivity index (χ2n) is 4.30. The number of hydrogen-bond donors (Lipinski definition) is 2. The van der Waals surface area contributed by atoms with E-state index in [0.717, 1.165) is 32.0 Å². The molecule has 0 aromatic rings. The fraction of sp³-hybridized carbons (Fsp3) is 0.917. The van der Waals surface area contributed by atoms with Gasteiger partial charge >= 0.3 is 0 Å². The predicted octanol–water partition coefficient (Wildman–Crippen LogP) is 1.05. The van der Waals surface area contributed by atoms with E-state index in [2.05, 4.69) is 34.4 Å². The van der Waals surface area contributed by atoms with E-state index in [1.54, 1.807) is 0 Å². The van der Waals surface area contributed by atoms with E-state index < -0.39 is 0 Å². The zero-order chi connectivity index (χ0) is 11.8. The van der Waals surface area contributed by atoms with E-state index in [-0.39, 0.29) is 0 Å². The number of nitrogens with zero attached hydrogens (tertiary/aromatic N) is 2. The first kappa shape index (κ1) is 13.3. The average molecular weight is 226 g/mol. The summed E-state index contributed by atoms with van der Waals surface area (Å²) in [5.41, 5.74) is 0. The van der Waals surface area contributed by atoms with Crippen LogP contribution in [0.1, 0.15) is 33.1 Å². The normalized spacial score (nSPS) is 22.4. The molecule has 0 radical (unpaired) electrons. The quantitative estimate of drug-likeness (QED) is 0.544. The number of hydrogen-bond acceptors (Lipinski definition) is 2. The van der Waals surface area contributed by atoms with Crippen molar-refractivity contribution in [1.29, 1.82) is 0 Å². The van der Waals surface area contributed by atoms with Crippen LogP contribution >= 0.6 is 0 Å². The number of nitrogens with one attached hydrogen (secondary N) is 2. The van der Waals surface area contributed by atoms with Gasteiger partial charge < -0.3 is 10.6 Å². The Morgan fingerprint density at radius 3 is 2.81 bits per heavy atom. The van der Waals surface area contributed by atoms with Gasteiger partial charge in [0.2, 0.25) is 0 Å². The molecular weight excluding hydrogens is 200 g/mol. The molecular formula is C12H26N4. The van der Waals surface area contributed by atoms with E-state index in [4.69, 9.17) is 0 Å². The summed E-state index contributed by atoms with van der Waals surface area (Å²) in [5, 5.41) is 6.70. The number of aliphatic imine (C=N–C) groups is 1. The Morgan fingerprint density at radius 2 is 2.19 bits per heavy atom. The Kier molecular flexibility index (Phi) is 6.23. The second-order valence-corrected chi connectivity index (χ2v) is 4.30. The highest BCUT2D eigenvalue weighted by Gasteiger charge is 2.22. The van der Waals surface area contributed by atoms with Crippen LogP contribution in [0.25, 0.3) is 0 Å². The van der Waals surface area contributed by atoms with Crippen molar-refractivity contribution < 1.29 is 0 Å². The zero-order valence-electron chi connectivity index (χ0n) is 10.9. The van der Waals surface area contributed by atoms with Crippen molar-refractivity contribution in [2.45, 2.75) is 39.2 Å². The number of rotatable bonds is 5. The molecule has 1 unspecified atom stereocenters. The smallest absolute Gasteiger partial charge is 0.191 e. The lowest BCUT2D eigenvalue weighted by molar-refractivity contribution is 0.267. The van der Waals surface area contributed by atoms with E-state index in [1.165, 1.54) is 19.4 Å². The summed E-state index contributed by atoms with van der Waals surface area (Å²) in [7, 11) is 1.83. The molecule has 0 saturated carbocycles. The van der Waals surface area contributed by atoms with Gasteiger partial charge in [0.05, 0.1) is 0 Å². The van der Waals surface area contributed by atoms with Crippen molar-refractivity contribution >= 4 is 5.96 Å². The van der Waals surface area contributed by atoms with Gasteiger partial charge in [-0.05, 0) is 32.4 Å². The van der Waals surface area contributed by atoms with Gasteiger partial charge in [-0.2, -0.15) is 0 Å². The molecule has 4 nitrogen and oxygen atoms in total. The summed E-state index contributed by atoms with van der Waals surface area (Å²) < 4.78 is 0. The Bertz CT molecular complexity index is 215. The summed E-state index contributed by atoms with van der Waals surface area (Å²) in [6.07, 6.45) is 3.78. The maximum atomic E-state index is 4.21. The van der Waals surface area contributed by atoms with Gasteiger partial charge in [0.15, 0.2) is 5.96 Å². The van der Waals surface area contributed by atoms with Gasteiger partial charge in [-0.3, -0.25) is 9.89 Å². The highest BCUT2D eigenvalue weighted by atomic mass is 15.2. The van der Waals surface area contributed by atoms with Crippen LogP contribution in [0.3, 0.4) is 0 Å². The third-order valence-electron chi connectivity index (χ3n) is 3.18. The Balaban J connectivity index is 2.26. The SMILES string of the molecule is CCCNC(=NC)NCC1CCCN1CC. The first-order valence-corrected chi connectivity index (χ1v) is 6.50. The molecule has 0 bridgehead atoms. The molecule has 1 aliphatic heterocycles. The summed E-state index contributed by atoms with van der Waals surface area (Å²) in [6.45, 7) is 8.81. The van der Waals surface area contributed by atoms with Gasteiger partial charge in [0, 0.05) is 26.2 Å². The standard InChI is InChI=1S/C12H26N4/c1-4-8-14-12(13-3)15-10-11-7-6-9-16(11)5-2/h11H,4-10H2,1-3H3,(H2,13,14,15). The molecule has 0 aromatic heterocycles. The van der Waals surface area contributed by atoms with Crippen LogP contribution in [0.5, 0.6) is 0 Å². The average Bonchev–Trinajstić information content (AvgIpc) is 2.77. The number of guanidine groups is 1. The topological polar surface area (TPSA) is 39.7 Å². The summed E-state index contributed by atoms with van der Waals surface area (Å²) >= 11 is 0. The van der Waals surface area contributed by atoms with Crippen molar-refractivity contribution in [3.63, 3.8) is 0 Å². The molecule has 1 heterocycles. The summed E-state index contributed by atoms with van der Waals surface area (Å²) in [6, 6.07) is 0.685. The molecule has 94 valence electrons. The predicted molar refractivity (Wildman–Crippen MR) is 69.9 cm³/mol. The lowest BCUT2D eigenvalue weighted by atomic mass is 10.2. The number of likely N-dealkylation sites (tertiary alicyclic amines) is 1. The summed E-state index contributed by atoms with van der Waals surface area (Å²) in [4.78, 5) is 6.76. The second kappa shape index (κ2) is 7.49. The largest absolute Gasteiger partial charge is 0.356 e. The maximum Gasteiger partial charge on any atom is 0.191 e. The third kappa shape index (κ3) is 4.00. The fourth-order valence-electron chi connectivity index (χ4n) is 2.22. The van der Waals surface area contributed by atoms with Gasteiger partial charge in [-0.1, -0.05) is 13.8 Å². The molecule has 1 aliphatic rings. The highest BCUT2D eigenvalue weighted by Crippen LogP contribution is 2.15. The van der Waals surface area contributed by atoms with E-state index in [9.17, 15) is 0 Å². The van der Waals surface area contributed by atoms with Crippen LogP contribution in [-0.4, -0.2) is 50.1 Å². The van der Waals surface area contributed by atoms with Gasteiger partial charge in [-0.15, -0.1) is 0 Å². The minimum atomic E-state index is 0.685. The lowest BCUT2D eigenvalue weighted by Crippen LogP contribution is -2.44. The van der Waals surface area contributed by atoms with E-state index in [1.807, 2.05) is 7.05 Å². The zero-order valence-corrected chi connectivity index (χ0v) is 10.9. The van der Waals surface area contributed by atoms with Crippen molar-refractivity contribution in [3.8, 4) is 0 Å².